The number of nitrogens with zero attached hydrogens (tertiary/aromatic N) is 3. The number of rotatable bonds is 4. The molecule has 2 N–H and O–H groups in total. The van der Waals surface area contributed by atoms with E-state index >= 15 is 0 Å². The number of piperidine rings is 2. The zero-order chi connectivity index (χ0) is 14.4. The third-order valence-electron chi connectivity index (χ3n) is 4.42. The Morgan fingerprint density at radius 3 is 2.52 bits per heavy atom. The molecule has 2 fully saturated rings. The number of likely N-dealkylation sites (tertiary alicyclic amines) is 2. The van der Waals surface area contributed by atoms with Crippen LogP contribution in [0, 0.1) is 11.8 Å². The molecule has 1 atom stereocenters. The lowest BCUT2D eigenvalue weighted by atomic mass is 9.97. The zero-order valence-electron chi connectivity index (χ0n) is 13.8. The summed E-state index contributed by atoms with van der Waals surface area (Å²) in [7, 11) is 0. The Kier molecular flexibility index (Phi) is 8.94. The van der Waals surface area contributed by atoms with Crippen LogP contribution >= 0.6 is 24.0 Å². The zero-order valence-corrected chi connectivity index (χ0v) is 16.1. The van der Waals surface area contributed by atoms with Crippen molar-refractivity contribution >= 4 is 29.9 Å². The lowest BCUT2D eigenvalue weighted by Crippen LogP contribution is -2.42. The monoisotopic (exact) mass is 408 g/mol. The molecule has 1 unspecified atom stereocenters. The van der Waals surface area contributed by atoms with Crippen molar-refractivity contribution in [1.82, 2.24) is 9.80 Å². The van der Waals surface area contributed by atoms with Crippen LogP contribution in [0.5, 0.6) is 0 Å². The van der Waals surface area contributed by atoms with Gasteiger partial charge in [0.25, 0.3) is 0 Å². The minimum atomic E-state index is 0. The van der Waals surface area contributed by atoms with Crippen LogP contribution in [0.3, 0.4) is 0 Å². The predicted octanol–water partition coefficient (Wildman–Crippen LogP) is 2.77. The van der Waals surface area contributed by atoms with E-state index in [1.54, 1.807) is 0 Å². The molecule has 0 saturated carbocycles. The topological polar surface area (TPSA) is 44.9 Å². The standard InChI is InChI=1S/C16H32N4.HI/c1-14(2)12-19-8-6-7-15(13-19)11-18-16(17)20-9-4-3-5-10-20;/h14-15H,3-13H2,1-2H3,(H2,17,18);1H. The normalized spacial score (nSPS) is 25.0. The maximum absolute atomic E-state index is 6.14. The summed E-state index contributed by atoms with van der Waals surface area (Å²) < 4.78 is 0. The molecule has 0 aromatic rings. The summed E-state index contributed by atoms with van der Waals surface area (Å²) in [4.78, 5) is 9.54. The first-order valence-corrected chi connectivity index (χ1v) is 8.42. The van der Waals surface area contributed by atoms with Gasteiger partial charge in [0.15, 0.2) is 5.96 Å². The fourth-order valence-corrected chi connectivity index (χ4v) is 3.43. The van der Waals surface area contributed by atoms with Gasteiger partial charge in [0.05, 0.1) is 0 Å². The molecule has 0 aromatic carbocycles. The van der Waals surface area contributed by atoms with Crippen molar-refractivity contribution < 1.29 is 0 Å². The number of nitrogens with two attached hydrogens (primary N) is 1. The maximum atomic E-state index is 6.14. The van der Waals surface area contributed by atoms with Crippen molar-refractivity contribution in [3.63, 3.8) is 0 Å². The first-order valence-electron chi connectivity index (χ1n) is 8.42. The molecule has 4 nitrogen and oxygen atoms in total. The van der Waals surface area contributed by atoms with Crippen molar-refractivity contribution in [2.75, 3.05) is 39.3 Å². The van der Waals surface area contributed by atoms with Gasteiger partial charge in [-0.2, -0.15) is 0 Å². The van der Waals surface area contributed by atoms with Crippen LogP contribution < -0.4 is 5.73 Å². The van der Waals surface area contributed by atoms with Crippen LogP contribution in [0.2, 0.25) is 0 Å². The summed E-state index contributed by atoms with van der Waals surface area (Å²) in [5, 5.41) is 0. The van der Waals surface area contributed by atoms with Gasteiger partial charge in [-0.05, 0) is 50.5 Å². The fraction of sp³-hybridized carbons (Fsp3) is 0.938. The van der Waals surface area contributed by atoms with E-state index in [2.05, 4.69) is 28.6 Å². The Morgan fingerprint density at radius 2 is 1.86 bits per heavy atom. The van der Waals surface area contributed by atoms with Gasteiger partial charge in [0, 0.05) is 32.7 Å². The molecule has 0 bridgehead atoms. The molecule has 0 aromatic heterocycles. The summed E-state index contributed by atoms with van der Waals surface area (Å²) in [6, 6.07) is 0. The van der Waals surface area contributed by atoms with Crippen molar-refractivity contribution in [2.45, 2.75) is 46.0 Å². The van der Waals surface area contributed by atoms with Crippen LogP contribution in [0.1, 0.15) is 46.0 Å². The van der Waals surface area contributed by atoms with Crippen LogP contribution in [0.25, 0.3) is 0 Å². The number of hydrogen-bond acceptors (Lipinski definition) is 2. The van der Waals surface area contributed by atoms with E-state index in [1.807, 2.05) is 0 Å². The highest BCUT2D eigenvalue weighted by Gasteiger charge is 2.20. The third kappa shape index (κ3) is 6.72. The molecular weight excluding hydrogens is 375 g/mol. The van der Waals surface area contributed by atoms with E-state index in [9.17, 15) is 0 Å². The Labute approximate surface area is 147 Å². The molecule has 21 heavy (non-hydrogen) atoms. The van der Waals surface area contributed by atoms with Gasteiger partial charge < -0.3 is 15.5 Å². The third-order valence-corrected chi connectivity index (χ3v) is 4.42. The second kappa shape index (κ2) is 9.87. The minimum absolute atomic E-state index is 0. The summed E-state index contributed by atoms with van der Waals surface area (Å²) in [6.07, 6.45) is 6.50. The lowest BCUT2D eigenvalue weighted by molar-refractivity contribution is 0.162. The Balaban J connectivity index is 0.00000220. The fourth-order valence-electron chi connectivity index (χ4n) is 3.43. The first kappa shape index (κ1) is 19.0. The van der Waals surface area contributed by atoms with Crippen molar-refractivity contribution in [3.8, 4) is 0 Å². The Hall–Kier alpha value is -0.0400. The highest BCUT2D eigenvalue weighted by Crippen LogP contribution is 2.18. The molecule has 2 saturated heterocycles. The lowest BCUT2D eigenvalue weighted by Gasteiger charge is -2.33. The van der Waals surface area contributed by atoms with E-state index in [1.165, 1.54) is 51.7 Å². The van der Waals surface area contributed by atoms with Crippen LogP contribution in [-0.4, -0.2) is 55.0 Å². The molecule has 2 rings (SSSR count). The highest BCUT2D eigenvalue weighted by molar-refractivity contribution is 14.0. The Morgan fingerprint density at radius 1 is 1.14 bits per heavy atom. The largest absolute Gasteiger partial charge is 0.370 e. The van der Waals surface area contributed by atoms with Gasteiger partial charge in [0.1, 0.15) is 0 Å². The molecule has 0 radical (unpaired) electrons. The molecule has 0 amide bonds. The number of halogens is 1. The molecule has 2 aliphatic heterocycles. The quantitative estimate of drug-likeness (QED) is 0.442. The van der Waals surface area contributed by atoms with E-state index in [4.69, 9.17) is 5.73 Å². The SMILES string of the molecule is CC(C)CN1CCCC(CN=C(N)N2CCCCC2)C1.I. The smallest absolute Gasteiger partial charge is 0.191 e. The first-order chi connectivity index (χ1) is 9.65. The summed E-state index contributed by atoms with van der Waals surface area (Å²) in [5.41, 5.74) is 6.14. The van der Waals surface area contributed by atoms with Gasteiger partial charge in [-0.3, -0.25) is 4.99 Å². The second-order valence-corrected chi connectivity index (χ2v) is 6.91. The molecular formula is C16H33IN4. The van der Waals surface area contributed by atoms with Gasteiger partial charge in [-0.15, -0.1) is 24.0 Å². The average Bonchev–Trinajstić information content (AvgIpc) is 2.45. The van der Waals surface area contributed by atoms with Gasteiger partial charge in [0.2, 0.25) is 0 Å². The molecule has 124 valence electrons. The van der Waals surface area contributed by atoms with Crippen LogP contribution in [-0.2, 0) is 0 Å². The maximum Gasteiger partial charge on any atom is 0.191 e. The van der Waals surface area contributed by atoms with E-state index in [0.717, 1.165) is 31.5 Å². The van der Waals surface area contributed by atoms with Crippen molar-refractivity contribution in [2.24, 2.45) is 22.6 Å². The molecule has 0 aliphatic carbocycles. The number of hydrogen-bond donors (Lipinski definition) is 1. The van der Waals surface area contributed by atoms with E-state index in [0.29, 0.717) is 5.92 Å². The molecule has 2 heterocycles. The van der Waals surface area contributed by atoms with Gasteiger partial charge in [-0.25, -0.2) is 0 Å². The number of guanidine groups is 1. The molecule has 5 heteroatoms. The van der Waals surface area contributed by atoms with Crippen LogP contribution in [0.15, 0.2) is 4.99 Å². The predicted molar refractivity (Wildman–Crippen MR) is 101 cm³/mol. The summed E-state index contributed by atoms with van der Waals surface area (Å²) >= 11 is 0. The van der Waals surface area contributed by atoms with Gasteiger partial charge in [-0.1, -0.05) is 13.8 Å². The average molecular weight is 408 g/mol. The van der Waals surface area contributed by atoms with Crippen molar-refractivity contribution in [1.29, 1.82) is 0 Å². The highest BCUT2D eigenvalue weighted by atomic mass is 127. The van der Waals surface area contributed by atoms with E-state index in [-0.39, 0.29) is 24.0 Å². The minimum Gasteiger partial charge on any atom is -0.370 e. The van der Waals surface area contributed by atoms with Crippen molar-refractivity contribution in [3.05, 3.63) is 0 Å². The Bertz CT molecular complexity index is 313. The second-order valence-electron chi connectivity index (χ2n) is 6.91. The van der Waals surface area contributed by atoms with Crippen LogP contribution in [0.4, 0.5) is 0 Å². The number of aliphatic imine (C=N–C) groups is 1. The summed E-state index contributed by atoms with van der Waals surface area (Å²) in [6.45, 7) is 11.4. The molecule has 2 aliphatic rings. The molecule has 0 spiro atoms. The summed E-state index contributed by atoms with van der Waals surface area (Å²) in [5.74, 6) is 2.24. The van der Waals surface area contributed by atoms with Gasteiger partial charge >= 0.3 is 0 Å². The van der Waals surface area contributed by atoms with E-state index < -0.39 is 0 Å².